The molecule has 0 spiro atoms. The molecule has 3 heteroatoms. The number of rotatable bonds is 4. The predicted octanol–water partition coefficient (Wildman–Crippen LogP) is 1.66. The largest absolute Gasteiger partial charge is 0.394 e. The van der Waals surface area contributed by atoms with Crippen molar-refractivity contribution in [2.75, 3.05) is 19.8 Å². The summed E-state index contributed by atoms with van der Waals surface area (Å²) in [4.78, 5) is 0. The third-order valence-electron chi connectivity index (χ3n) is 3.41. The highest BCUT2D eigenvalue weighted by molar-refractivity contribution is 5.24. The van der Waals surface area contributed by atoms with Gasteiger partial charge in [0.25, 0.3) is 0 Å². The summed E-state index contributed by atoms with van der Waals surface area (Å²) in [5, 5.41) is 13.2. The molecule has 0 aliphatic carbocycles. The van der Waals surface area contributed by atoms with Crippen molar-refractivity contribution in [3.05, 3.63) is 35.9 Å². The van der Waals surface area contributed by atoms with Gasteiger partial charge in [-0.05, 0) is 25.3 Å². The Morgan fingerprint density at radius 1 is 1.41 bits per heavy atom. The van der Waals surface area contributed by atoms with Gasteiger partial charge in [0.05, 0.1) is 18.8 Å². The standard InChI is InChI=1S/C14H21NO2/c1-14(11-16,12-6-3-2-4-7-12)15-13-8-5-9-17-10-13/h2-4,6-7,13,15-16H,5,8-11H2,1H3. The molecule has 0 amide bonds. The summed E-state index contributed by atoms with van der Waals surface area (Å²) >= 11 is 0. The summed E-state index contributed by atoms with van der Waals surface area (Å²) in [7, 11) is 0. The van der Waals surface area contributed by atoms with Crippen molar-refractivity contribution in [1.82, 2.24) is 5.32 Å². The quantitative estimate of drug-likeness (QED) is 0.834. The van der Waals surface area contributed by atoms with Crippen molar-refractivity contribution in [3.8, 4) is 0 Å². The van der Waals surface area contributed by atoms with E-state index in [2.05, 4.69) is 5.32 Å². The minimum atomic E-state index is -0.382. The fourth-order valence-corrected chi connectivity index (χ4v) is 2.33. The molecule has 2 rings (SSSR count). The Balaban J connectivity index is 2.08. The molecule has 0 saturated carbocycles. The molecule has 1 heterocycles. The summed E-state index contributed by atoms with van der Waals surface area (Å²) in [6.07, 6.45) is 2.20. The Hall–Kier alpha value is -0.900. The van der Waals surface area contributed by atoms with Gasteiger partial charge < -0.3 is 15.2 Å². The topological polar surface area (TPSA) is 41.5 Å². The normalized spacial score (nSPS) is 24.2. The maximum absolute atomic E-state index is 9.67. The van der Waals surface area contributed by atoms with Crippen LogP contribution in [0.2, 0.25) is 0 Å². The Labute approximate surface area is 103 Å². The van der Waals surface area contributed by atoms with Crippen LogP contribution in [0.4, 0.5) is 0 Å². The monoisotopic (exact) mass is 235 g/mol. The molecular formula is C14H21NO2. The first-order chi connectivity index (χ1) is 8.24. The summed E-state index contributed by atoms with van der Waals surface area (Å²) in [5.41, 5.74) is 0.736. The molecule has 3 nitrogen and oxygen atoms in total. The summed E-state index contributed by atoms with van der Waals surface area (Å²) in [6.45, 7) is 3.73. The zero-order valence-corrected chi connectivity index (χ0v) is 10.4. The van der Waals surface area contributed by atoms with Gasteiger partial charge in [-0.15, -0.1) is 0 Å². The lowest BCUT2D eigenvalue weighted by molar-refractivity contribution is 0.0488. The molecule has 2 atom stereocenters. The van der Waals surface area contributed by atoms with Crippen LogP contribution in [0.3, 0.4) is 0 Å². The van der Waals surface area contributed by atoms with Crippen molar-refractivity contribution < 1.29 is 9.84 Å². The first-order valence-electron chi connectivity index (χ1n) is 6.26. The van der Waals surface area contributed by atoms with Gasteiger partial charge in [-0.1, -0.05) is 30.3 Å². The smallest absolute Gasteiger partial charge is 0.0652 e. The average molecular weight is 235 g/mol. The molecule has 2 N–H and O–H groups in total. The van der Waals surface area contributed by atoms with E-state index in [0.717, 1.165) is 31.6 Å². The number of benzene rings is 1. The Bertz CT molecular complexity index is 335. The van der Waals surface area contributed by atoms with Crippen LogP contribution in [0.25, 0.3) is 0 Å². The van der Waals surface area contributed by atoms with Crippen LogP contribution in [-0.2, 0) is 10.3 Å². The van der Waals surface area contributed by atoms with E-state index in [-0.39, 0.29) is 12.1 Å². The zero-order chi connectivity index (χ0) is 12.1. The number of aliphatic hydroxyl groups is 1. The minimum Gasteiger partial charge on any atom is -0.394 e. The fraction of sp³-hybridized carbons (Fsp3) is 0.571. The van der Waals surface area contributed by atoms with Gasteiger partial charge in [-0.3, -0.25) is 0 Å². The van der Waals surface area contributed by atoms with Gasteiger partial charge in [-0.25, -0.2) is 0 Å². The summed E-state index contributed by atoms with van der Waals surface area (Å²) in [6, 6.07) is 10.4. The van der Waals surface area contributed by atoms with E-state index in [1.54, 1.807) is 0 Å². The highest BCUT2D eigenvalue weighted by atomic mass is 16.5. The van der Waals surface area contributed by atoms with Crippen molar-refractivity contribution in [1.29, 1.82) is 0 Å². The number of ether oxygens (including phenoxy) is 1. The molecule has 1 fully saturated rings. The maximum Gasteiger partial charge on any atom is 0.0652 e. The van der Waals surface area contributed by atoms with Crippen molar-refractivity contribution >= 4 is 0 Å². The number of hydrogen-bond donors (Lipinski definition) is 2. The van der Waals surface area contributed by atoms with Crippen molar-refractivity contribution in [3.63, 3.8) is 0 Å². The first-order valence-corrected chi connectivity index (χ1v) is 6.26. The Morgan fingerprint density at radius 2 is 2.18 bits per heavy atom. The molecule has 2 unspecified atom stereocenters. The van der Waals surface area contributed by atoms with Crippen LogP contribution >= 0.6 is 0 Å². The number of nitrogens with one attached hydrogen (secondary N) is 1. The molecule has 94 valence electrons. The van der Waals surface area contributed by atoms with E-state index < -0.39 is 0 Å². The summed E-state index contributed by atoms with van der Waals surface area (Å²) < 4.78 is 5.46. The minimum absolute atomic E-state index is 0.0908. The Morgan fingerprint density at radius 3 is 2.76 bits per heavy atom. The van der Waals surface area contributed by atoms with E-state index >= 15 is 0 Å². The van der Waals surface area contributed by atoms with E-state index in [1.807, 2.05) is 37.3 Å². The van der Waals surface area contributed by atoms with Crippen LogP contribution in [0.1, 0.15) is 25.3 Å². The maximum atomic E-state index is 9.67. The lowest BCUT2D eigenvalue weighted by Crippen LogP contribution is -2.51. The predicted molar refractivity (Wildman–Crippen MR) is 67.9 cm³/mol. The average Bonchev–Trinajstić information content (AvgIpc) is 2.41. The van der Waals surface area contributed by atoms with Gasteiger partial charge in [0.1, 0.15) is 0 Å². The molecule has 1 aliphatic rings. The third-order valence-corrected chi connectivity index (χ3v) is 3.41. The van der Waals surface area contributed by atoms with Crippen LogP contribution < -0.4 is 5.32 Å². The molecule has 1 saturated heterocycles. The molecule has 0 bridgehead atoms. The zero-order valence-electron chi connectivity index (χ0n) is 10.4. The lowest BCUT2D eigenvalue weighted by atomic mass is 9.91. The SMILES string of the molecule is CC(CO)(NC1CCCOC1)c1ccccc1. The molecule has 0 aromatic heterocycles. The third kappa shape index (κ3) is 3.06. The van der Waals surface area contributed by atoms with Gasteiger partial charge >= 0.3 is 0 Å². The van der Waals surface area contributed by atoms with Crippen LogP contribution in [0, 0.1) is 0 Å². The second-order valence-electron chi connectivity index (χ2n) is 4.91. The van der Waals surface area contributed by atoms with Crippen molar-refractivity contribution in [2.45, 2.75) is 31.3 Å². The second-order valence-corrected chi connectivity index (χ2v) is 4.91. The lowest BCUT2D eigenvalue weighted by Gasteiger charge is -2.35. The highest BCUT2D eigenvalue weighted by Gasteiger charge is 2.29. The van der Waals surface area contributed by atoms with Gasteiger partial charge in [0.15, 0.2) is 0 Å². The van der Waals surface area contributed by atoms with E-state index in [1.165, 1.54) is 0 Å². The van der Waals surface area contributed by atoms with Crippen LogP contribution in [-0.4, -0.2) is 31.0 Å². The number of aliphatic hydroxyl groups excluding tert-OH is 1. The van der Waals surface area contributed by atoms with Crippen LogP contribution in [0.5, 0.6) is 0 Å². The molecule has 0 radical (unpaired) electrons. The molecule has 17 heavy (non-hydrogen) atoms. The second kappa shape index (κ2) is 5.63. The summed E-state index contributed by atoms with van der Waals surface area (Å²) in [5.74, 6) is 0. The number of hydrogen-bond acceptors (Lipinski definition) is 3. The highest BCUT2D eigenvalue weighted by Crippen LogP contribution is 2.22. The van der Waals surface area contributed by atoms with E-state index in [4.69, 9.17) is 4.74 Å². The van der Waals surface area contributed by atoms with E-state index in [9.17, 15) is 5.11 Å². The molecular weight excluding hydrogens is 214 g/mol. The van der Waals surface area contributed by atoms with Gasteiger partial charge in [0, 0.05) is 12.6 Å². The Kier molecular flexibility index (Phi) is 4.15. The molecule has 1 aliphatic heterocycles. The van der Waals surface area contributed by atoms with Crippen LogP contribution in [0.15, 0.2) is 30.3 Å². The van der Waals surface area contributed by atoms with E-state index in [0.29, 0.717) is 6.04 Å². The molecule has 1 aromatic rings. The van der Waals surface area contributed by atoms with Gasteiger partial charge in [0.2, 0.25) is 0 Å². The van der Waals surface area contributed by atoms with Crippen molar-refractivity contribution in [2.24, 2.45) is 0 Å². The fourth-order valence-electron chi connectivity index (χ4n) is 2.33. The first kappa shape index (κ1) is 12.6. The molecule has 1 aromatic carbocycles. The van der Waals surface area contributed by atoms with Gasteiger partial charge in [-0.2, -0.15) is 0 Å².